The molecule has 1 saturated carbocycles. The van der Waals surface area contributed by atoms with Gasteiger partial charge in [0.1, 0.15) is 11.4 Å². The van der Waals surface area contributed by atoms with E-state index in [9.17, 15) is 14.3 Å². The molecule has 0 aliphatic heterocycles. The molecular weight excluding hydrogens is 325 g/mol. The van der Waals surface area contributed by atoms with Gasteiger partial charge in [0.15, 0.2) is 0 Å². The molecule has 0 saturated heterocycles. The van der Waals surface area contributed by atoms with E-state index in [1.165, 1.54) is 29.5 Å². The Morgan fingerprint density at radius 1 is 1.41 bits per heavy atom. The molecular formula is C16H15ClFNO2S. The molecule has 0 bridgehead atoms. The number of hydrogen-bond acceptors (Lipinski definition) is 3. The molecule has 3 nitrogen and oxygen atoms in total. The lowest BCUT2D eigenvalue weighted by atomic mass is 9.95. The van der Waals surface area contributed by atoms with Crippen LogP contribution in [-0.4, -0.2) is 17.6 Å². The highest BCUT2D eigenvalue weighted by Gasteiger charge is 2.46. The van der Waals surface area contributed by atoms with Crippen molar-refractivity contribution >= 4 is 28.8 Å². The van der Waals surface area contributed by atoms with Crippen LogP contribution in [0, 0.1) is 11.7 Å². The monoisotopic (exact) mass is 339 g/mol. The van der Waals surface area contributed by atoms with E-state index in [0.29, 0.717) is 0 Å². The van der Waals surface area contributed by atoms with Crippen LogP contribution in [0.1, 0.15) is 28.1 Å². The van der Waals surface area contributed by atoms with Crippen LogP contribution in [0.3, 0.4) is 0 Å². The van der Waals surface area contributed by atoms with Crippen LogP contribution in [0.2, 0.25) is 5.02 Å². The number of aliphatic hydroxyl groups is 1. The van der Waals surface area contributed by atoms with Crippen molar-refractivity contribution in [2.24, 2.45) is 5.92 Å². The molecule has 1 aliphatic carbocycles. The number of carbonyl (C=O) groups is 1. The predicted octanol–water partition coefficient (Wildman–Crippen LogP) is 3.57. The third-order valence-corrected chi connectivity index (χ3v) is 5.26. The standard InChI is InChI=1S/C16H15ClFNO2S/c17-11-3-1-4-12(18)14(11)15(20)19-9-16(21,10-6-7-10)13-5-2-8-22-13/h1-5,8,10,21H,6-7,9H2,(H,19,20)/t16-/m1/s1. The minimum absolute atomic E-state index is 0.0433. The third kappa shape index (κ3) is 2.89. The van der Waals surface area contributed by atoms with Gasteiger partial charge in [-0.25, -0.2) is 4.39 Å². The molecule has 116 valence electrons. The minimum atomic E-state index is -1.10. The molecule has 1 aromatic carbocycles. The second-order valence-electron chi connectivity index (χ2n) is 5.46. The highest BCUT2D eigenvalue weighted by atomic mass is 35.5. The summed E-state index contributed by atoms with van der Waals surface area (Å²) in [7, 11) is 0. The van der Waals surface area contributed by atoms with Gasteiger partial charge in [0.05, 0.1) is 17.1 Å². The van der Waals surface area contributed by atoms with Crippen molar-refractivity contribution in [3.63, 3.8) is 0 Å². The van der Waals surface area contributed by atoms with Crippen molar-refractivity contribution in [3.05, 3.63) is 57.0 Å². The highest BCUT2D eigenvalue weighted by molar-refractivity contribution is 7.10. The molecule has 1 heterocycles. The van der Waals surface area contributed by atoms with E-state index in [4.69, 9.17) is 11.6 Å². The first-order chi connectivity index (χ1) is 10.5. The lowest BCUT2D eigenvalue weighted by Gasteiger charge is -2.27. The first kappa shape index (κ1) is 15.5. The summed E-state index contributed by atoms with van der Waals surface area (Å²) in [5.74, 6) is -1.16. The van der Waals surface area contributed by atoms with Crippen LogP contribution in [0.5, 0.6) is 0 Å². The lowest BCUT2D eigenvalue weighted by Crippen LogP contribution is -2.42. The summed E-state index contributed by atoms with van der Waals surface area (Å²) in [6.45, 7) is 0.0433. The fourth-order valence-corrected chi connectivity index (χ4v) is 3.69. The second kappa shape index (κ2) is 5.99. The maximum Gasteiger partial charge on any atom is 0.255 e. The molecule has 1 fully saturated rings. The topological polar surface area (TPSA) is 49.3 Å². The fourth-order valence-electron chi connectivity index (χ4n) is 2.54. The molecule has 0 unspecified atom stereocenters. The maximum absolute atomic E-state index is 13.8. The number of nitrogens with one attached hydrogen (secondary N) is 1. The van der Waals surface area contributed by atoms with E-state index < -0.39 is 17.3 Å². The maximum atomic E-state index is 13.8. The fraction of sp³-hybridized carbons (Fsp3) is 0.312. The van der Waals surface area contributed by atoms with Gasteiger partial charge in [-0.1, -0.05) is 23.7 Å². The first-order valence-electron chi connectivity index (χ1n) is 7.01. The molecule has 22 heavy (non-hydrogen) atoms. The predicted molar refractivity (Wildman–Crippen MR) is 84.7 cm³/mol. The van der Waals surface area contributed by atoms with Crippen molar-refractivity contribution in [1.82, 2.24) is 5.32 Å². The average Bonchev–Trinajstić information content (AvgIpc) is 3.20. The molecule has 3 rings (SSSR count). The first-order valence-corrected chi connectivity index (χ1v) is 8.26. The molecule has 2 aromatic rings. The average molecular weight is 340 g/mol. The minimum Gasteiger partial charge on any atom is -0.382 e. The second-order valence-corrected chi connectivity index (χ2v) is 6.81. The lowest BCUT2D eigenvalue weighted by molar-refractivity contribution is 0.0169. The van der Waals surface area contributed by atoms with Crippen molar-refractivity contribution < 1.29 is 14.3 Å². The van der Waals surface area contributed by atoms with Gasteiger partial charge in [0.2, 0.25) is 0 Å². The summed E-state index contributed by atoms with van der Waals surface area (Å²) < 4.78 is 13.8. The number of benzene rings is 1. The van der Waals surface area contributed by atoms with Gasteiger partial charge in [-0.3, -0.25) is 4.79 Å². The summed E-state index contributed by atoms with van der Waals surface area (Å²) in [4.78, 5) is 13.0. The molecule has 1 aliphatic rings. The van der Waals surface area contributed by atoms with Gasteiger partial charge >= 0.3 is 0 Å². The van der Waals surface area contributed by atoms with Crippen LogP contribution >= 0.6 is 22.9 Å². The Hall–Kier alpha value is -1.43. The van der Waals surface area contributed by atoms with Crippen LogP contribution < -0.4 is 5.32 Å². The zero-order chi connectivity index (χ0) is 15.7. The summed E-state index contributed by atoms with van der Waals surface area (Å²) >= 11 is 7.34. The number of halogens is 2. The van der Waals surface area contributed by atoms with Crippen molar-refractivity contribution in [1.29, 1.82) is 0 Å². The van der Waals surface area contributed by atoms with Gasteiger partial charge in [-0.2, -0.15) is 0 Å². The smallest absolute Gasteiger partial charge is 0.255 e. The Kier molecular flexibility index (Phi) is 4.21. The van der Waals surface area contributed by atoms with E-state index in [1.54, 1.807) is 0 Å². The Labute approximate surface area is 136 Å². The van der Waals surface area contributed by atoms with E-state index >= 15 is 0 Å². The van der Waals surface area contributed by atoms with Crippen LogP contribution in [-0.2, 0) is 5.60 Å². The Balaban J connectivity index is 1.77. The van der Waals surface area contributed by atoms with E-state index in [0.717, 1.165) is 17.7 Å². The summed E-state index contributed by atoms with van der Waals surface area (Å²) in [6, 6.07) is 7.81. The van der Waals surface area contributed by atoms with E-state index in [2.05, 4.69) is 5.32 Å². The third-order valence-electron chi connectivity index (χ3n) is 3.91. The SMILES string of the molecule is O=C(NC[C@](O)(c1cccs1)C1CC1)c1c(F)cccc1Cl. The Bertz CT molecular complexity index is 667. The number of thiophene rings is 1. The van der Waals surface area contributed by atoms with Crippen molar-refractivity contribution in [2.75, 3.05) is 6.54 Å². The molecule has 1 aromatic heterocycles. The number of hydrogen-bond donors (Lipinski definition) is 2. The summed E-state index contributed by atoms with van der Waals surface area (Å²) in [6.07, 6.45) is 1.84. The van der Waals surface area contributed by atoms with Crippen LogP contribution in [0.4, 0.5) is 4.39 Å². The summed E-state index contributed by atoms with van der Waals surface area (Å²) in [5.41, 5.74) is -1.28. The molecule has 1 atom stereocenters. The normalized spacial score (nSPS) is 17.0. The van der Waals surface area contributed by atoms with Gasteiger partial charge in [0.25, 0.3) is 5.91 Å². The summed E-state index contributed by atoms with van der Waals surface area (Å²) in [5, 5.41) is 15.5. The Morgan fingerprint density at radius 2 is 2.18 bits per heavy atom. The van der Waals surface area contributed by atoms with E-state index in [-0.39, 0.29) is 23.0 Å². The highest BCUT2D eigenvalue weighted by Crippen LogP contribution is 2.46. The van der Waals surface area contributed by atoms with Crippen LogP contribution in [0.15, 0.2) is 35.7 Å². The van der Waals surface area contributed by atoms with Gasteiger partial charge < -0.3 is 10.4 Å². The number of rotatable bonds is 5. The molecule has 2 N–H and O–H groups in total. The molecule has 1 amide bonds. The molecule has 0 radical (unpaired) electrons. The number of amides is 1. The quantitative estimate of drug-likeness (QED) is 0.875. The molecule has 0 spiro atoms. The van der Waals surface area contributed by atoms with Crippen LogP contribution in [0.25, 0.3) is 0 Å². The molecule has 6 heteroatoms. The largest absolute Gasteiger partial charge is 0.382 e. The van der Waals surface area contributed by atoms with Gasteiger partial charge in [-0.05, 0) is 42.3 Å². The van der Waals surface area contributed by atoms with Crippen molar-refractivity contribution in [3.8, 4) is 0 Å². The van der Waals surface area contributed by atoms with Gasteiger partial charge in [-0.15, -0.1) is 11.3 Å². The van der Waals surface area contributed by atoms with E-state index in [1.807, 2.05) is 17.5 Å². The van der Waals surface area contributed by atoms with Gasteiger partial charge in [0, 0.05) is 4.88 Å². The zero-order valence-corrected chi connectivity index (χ0v) is 13.3. The number of carbonyl (C=O) groups excluding carboxylic acids is 1. The zero-order valence-electron chi connectivity index (χ0n) is 11.7. The Morgan fingerprint density at radius 3 is 2.77 bits per heavy atom. The van der Waals surface area contributed by atoms with Crippen molar-refractivity contribution in [2.45, 2.75) is 18.4 Å².